The average molecular weight is 411 g/mol. The highest BCUT2D eigenvalue weighted by molar-refractivity contribution is 7.23. The Bertz CT molecular complexity index is 1080. The van der Waals surface area contributed by atoms with Crippen molar-refractivity contribution in [3.8, 4) is 21.1 Å². The van der Waals surface area contributed by atoms with Crippen LogP contribution in [0.3, 0.4) is 0 Å². The van der Waals surface area contributed by atoms with Crippen molar-refractivity contribution < 1.29 is 4.39 Å². The number of thiazole rings is 2. The molecular formula is C21H19FN4S2. The molecule has 28 heavy (non-hydrogen) atoms. The Morgan fingerprint density at radius 3 is 2.39 bits per heavy atom. The molecule has 4 rings (SSSR count). The standard InChI is InChI=1S/C21H19FN4S2/c1-12(2)13-5-9-16(10-6-13)24-21-26-19(23)18(28-21)20-25-17(11-27-20)14-3-7-15(22)8-4-14/h3-12H,23H2,1-2H3,(H,24,26). The van der Waals surface area contributed by atoms with Gasteiger partial charge in [-0.05, 0) is 47.9 Å². The van der Waals surface area contributed by atoms with Gasteiger partial charge in [-0.2, -0.15) is 0 Å². The molecule has 4 aromatic rings. The lowest BCUT2D eigenvalue weighted by Crippen LogP contribution is -1.92. The molecule has 0 unspecified atom stereocenters. The summed E-state index contributed by atoms with van der Waals surface area (Å²) in [6.45, 7) is 4.34. The molecule has 0 radical (unpaired) electrons. The van der Waals surface area contributed by atoms with Crippen LogP contribution in [-0.4, -0.2) is 9.97 Å². The predicted molar refractivity (Wildman–Crippen MR) is 117 cm³/mol. The first kappa shape index (κ1) is 18.6. The lowest BCUT2D eigenvalue weighted by molar-refractivity contribution is 0.628. The fourth-order valence-electron chi connectivity index (χ4n) is 2.74. The zero-order chi connectivity index (χ0) is 19.7. The largest absolute Gasteiger partial charge is 0.382 e. The van der Waals surface area contributed by atoms with E-state index in [1.165, 1.54) is 40.4 Å². The van der Waals surface area contributed by atoms with Gasteiger partial charge in [-0.1, -0.05) is 37.3 Å². The van der Waals surface area contributed by atoms with Gasteiger partial charge in [0.1, 0.15) is 21.5 Å². The maximum atomic E-state index is 13.1. The SMILES string of the molecule is CC(C)c1ccc(Nc2nc(N)c(-c3nc(-c4ccc(F)cc4)cs3)s2)cc1. The fraction of sp³-hybridized carbons (Fsp3) is 0.143. The highest BCUT2D eigenvalue weighted by Crippen LogP contribution is 2.39. The molecule has 0 fully saturated rings. The third-order valence-electron chi connectivity index (χ3n) is 4.32. The molecule has 0 atom stereocenters. The lowest BCUT2D eigenvalue weighted by Gasteiger charge is -2.07. The van der Waals surface area contributed by atoms with E-state index in [1.807, 2.05) is 17.5 Å². The highest BCUT2D eigenvalue weighted by atomic mass is 32.1. The molecule has 4 nitrogen and oxygen atoms in total. The molecule has 2 heterocycles. The minimum Gasteiger partial charge on any atom is -0.382 e. The van der Waals surface area contributed by atoms with Crippen LogP contribution in [0.5, 0.6) is 0 Å². The molecule has 0 saturated carbocycles. The number of rotatable bonds is 5. The quantitative estimate of drug-likeness (QED) is 0.393. The molecule has 0 aliphatic carbocycles. The van der Waals surface area contributed by atoms with E-state index in [-0.39, 0.29) is 5.82 Å². The van der Waals surface area contributed by atoms with Gasteiger partial charge in [-0.3, -0.25) is 0 Å². The minimum atomic E-state index is -0.261. The number of nitrogen functional groups attached to an aromatic ring is 1. The van der Waals surface area contributed by atoms with E-state index in [9.17, 15) is 4.39 Å². The summed E-state index contributed by atoms with van der Waals surface area (Å²) in [6, 6.07) is 14.6. The molecule has 3 N–H and O–H groups in total. The van der Waals surface area contributed by atoms with Crippen LogP contribution in [-0.2, 0) is 0 Å². The first-order valence-corrected chi connectivity index (χ1v) is 10.5. The van der Waals surface area contributed by atoms with Crippen LogP contribution in [0, 0.1) is 5.82 Å². The van der Waals surface area contributed by atoms with Gasteiger partial charge in [0.05, 0.1) is 5.69 Å². The molecule has 0 aliphatic heterocycles. The molecule has 2 aromatic carbocycles. The van der Waals surface area contributed by atoms with E-state index < -0.39 is 0 Å². The van der Waals surface area contributed by atoms with Crippen molar-refractivity contribution in [2.24, 2.45) is 0 Å². The molecule has 2 aromatic heterocycles. The lowest BCUT2D eigenvalue weighted by atomic mass is 10.0. The van der Waals surface area contributed by atoms with E-state index in [4.69, 9.17) is 5.73 Å². The van der Waals surface area contributed by atoms with Crippen molar-refractivity contribution in [1.82, 2.24) is 9.97 Å². The van der Waals surface area contributed by atoms with E-state index in [0.717, 1.165) is 32.0 Å². The number of aromatic nitrogens is 2. The van der Waals surface area contributed by atoms with Gasteiger partial charge in [0, 0.05) is 16.6 Å². The highest BCUT2D eigenvalue weighted by Gasteiger charge is 2.15. The van der Waals surface area contributed by atoms with Crippen molar-refractivity contribution in [2.45, 2.75) is 19.8 Å². The van der Waals surface area contributed by atoms with Gasteiger partial charge in [0.2, 0.25) is 0 Å². The number of hydrogen-bond acceptors (Lipinski definition) is 6. The van der Waals surface area contributed by atoms with E-state index in [0.29, 0.717) is 11.7 Å². The van der Waals surface area contributed by atoms with Crippen LogP contribution in [0.25, 0.3) is 21.1 Å². The van der Waals surface area contributed by atoms with Crippen molar-refractivity contribution in [2.75, 3.05) is 11.1 Å². The number of halogens is 1. The minimum absolute atomic E-state index is 0.261. The number of benzene rings is 2. The number of nitrogens with one attached hydrogen (secondary N) is 1. The fourth-order valence-corrected chi connectivity index (χ4v) is 4.58. The van der Waals surface area contributed by atoms with Crippen LogP contribution >= 0.6 is 22.7 Å². The van der Waals surface area contributed by atoms with E-state index >= 15 is 0 Å². The zero-order valence-corrected chi connectivity index (χ0v) is 17.1. The normalized spacial score (nSPS) is 11.1. The van der Waals surface area contributed by atoms with Crippen molar-refractivity contribution >= 4 is 39.3 Å². The van der Waals surface area contributed by atoms with Gasteiger partial charge < -0.3 is 11.1 Å². The molecular weight excluding hydrogens is 391 g/mol. The number of hydrogen-bond donors (Lipinski definition) is 2. The smallest absolute Gasteiger partial charge is 0.189 e. The Morgan fingerprint density at radius 2 is 1.71 bits per heavy atom. The van der Waals surface area contributed by atoms with Crippen LogP contribution in [0.4, 0.5) is 21.0 Å². The molecule has 0 bridgehead atoms. The zero-order valence-electron chi connectivity index (χ0n) is 15.4. The molecule has 0 amide bonds. The monoisotopic (exact) mass is 410 g/mol. The van der Waals surface area contributed by atoms with E-state index in [2.05, 4.69) is 41.3 Å². The Balaban J connectivity index is 1.55. The summed E-state index contributed by atoms with van der Waals surface area (Å²) in [5.74, 6) is 0.686. The number of nitrogens with two attached hydrogens (primary N) is 1. The molecule has 7 heteroatoms. The maximum absolute atomic E-state index is 13.1. The summed E-state index contributed by atoms with van der Waals surface area (Å²) in [5.41, 5.74) is 10.1. The second-order valence-electron chi connectivity index (χ2n) is 6.68. The van der Waals surface area contributed by atoms with Gasteiger partial charge in [-0.25, -0.2) is 14.4 Å². The second kappa shape index (κ2) is 7.69. The second-order valence-corrected chi connectivity index (χ2v) is 8.54. The Morgan fingerprint density at radius 1 is 1.00 bits per heavy atom. The summed E-state index contributed by atoms with van der Waals surface area (Å²) < 4.78 is 13.1. The van der Waals surface area contributed by atoms with Gasteiger partial charge in [-0.15, -0.1) is 11.3 Å². The molecule has 0 saturated heterocycles. The predicted octanol–water partition coefficient (Wildman–Crippen LogP) is 6.52. The third kappa shape index (κ3) is 3.90. The summed E-state index contributed by atoms with van der Waals surface area (Å²) in [6.07, 6.45) is 0. The summed E-state index contributed by atoms with van der Waals surface area (Å²) >= 11 is 2.97. The summed E-state index contributed by atoms with van der Waals surface area (Å²) in [4.78, 5) is 9.92. The van der Waals surface area contributed by atoms with Gasteiger partial charge >= 0.3 is 0 Å². The van der Waals surface area contributed by atoms with Gasteiger partial charge in [0.15, 0.2) is 5.13 Å². The van der Waals surface area contributed by atoms with Crippen molar-refractivity contribution in [3.05, 3.63) is 65.3 Å². The Labute approximate surface area is 170 Å². The number of anilines is 3. The first-order chi connectivity index (χ1) is 13.5. The third-order valence-corrected chi connectivity index (χ3v) is 6.30. The van der Waals surface area contributed by atoms with Crippen LogP contribution in [0.2, 0.25) is 0 Å². The Kier molecular flexibility index (Phi) is 5.11. The van der Waals surface area contributed by atoms with Crippen LogP contribution in [0.15, 0.2) is 53.9 Å². The van der Waals surface area contributed by atoms with Crippen molar-refractivity contribution in [3.63, 3.8) is 0 Å². The average Bonchev–Trinajstić information content (AvgIpc) is 3.29. The molecule has 142 valence electrons. The van der Waals surface area contributed by atoms with E-state index in [1.54, 1.807) is 12.1 Å². The molecule has 0 spiro atoms. The number of nitrogens with zero attached hydrogens (tertiary/aromatic N) is 2. The van der Waals surface area contributed by atoms with Gasteiger partial charge in [0.25, 0.3) is 0 Å². The molecule has 0 aliphatic rings. The summed E-state index contributed by atoms with van der Waals surface area (Å²) in [7, 11) is 0. The topological polar surface area (TPSA) is 63.8 Å². The Hall–Kier alpha value is -2.77. The van der Waals surface area contributed by atoms with Crippen LogP contribution < -0.4 is 11.1 Å². The van der Waals surface area contributed by atoms with Crippen molar-refractivity contribution in [1.29, 1.82) is 0 Å². The summed E-state index contributed by atoms with van der Waals surface area (Å²) in [5, 5.41) is 6.78. The maximum Gasteiger partial charge on any atom is 0.189 e. The first-order valence-electron chi connectivity index (χ1n) is 8.84. The van der Waals surface area contributed by atoms with Crippen LogP contribution in [0.1, 0.15) is 25.3 Å².